The first kappa shape index (κ1) is 14.2. The molecule has 0 bridgehead atoms. The van der Waals surface area contributed by atoms with Gasteiger partial charge in [0.25, 0.3) is 0 Å². The summed E-state index contributed by atoms with van der Waals surface area (Å²) in [7, 11) is 1.68. The molecule has 1 aromatic heterocycles. The molecule has 0 radical (unpaired) electrons. The summed E-state index contributed by atoms with van der Waals surface area (Å²) in [5.74, 6) is 0. The number of aromatic nitrogens is 2. The Morgan fingerprint density at radius 2 is 2.11 bits per heavy atom. The Hall–Kier alpha value is -1.17. The van der Waals surface area contributed by atoms with Crippen LogP contribution in [0, 0.1) is 0 Å². The largest absolute Gasteiger partial charge is 0.383 e. The second kappa shape index (κ2) is 6.84. The van der Waals surface area contributed by atoms with E-state index < -0.39 is 0 Å². The van der Waals surface area contributed by atoms with Gasteiger partial charge in [-0.2, -0.15) is 5.10 Å². The molecule has 4 nitrogen and oxygen atoms in total. The van der Waals surface area contributed by atoms with Gasteiger partial charge in [-0.3, -0.25) is 4.68 Å². The lowest BCUT2D eigenvalue weighted by Gasteiger charge is -2.15. The second-order valence-corrected chi connectivity index (χ2v) is 5.24. The van der Waals surface area contributed by atoms with E-state index in [1.54, 1.807) is 13.3 Å². The maximum absolute atomic E-state index is 6.31. The number of ether oxygens (including phenoxy) is 1. The van der Waals surface area contributed by atoms with Gasteiger partial charge in [-0.25, -0.2) is 0 Å². The third kappa shape index (κ3) is 3.65. The molecule has 2 N–H and O–H groups in total. The average Bonchev–Trinajstić information content (AvgIpc) is 2.78. The van der Waals surface area contributed by atoms with Crippen molar-refractivity contribution in [1.82, 2.24) is 9.78 Å². The minimum absolute atomic E-state index is 0.0869. The molecule has 0 spiro atoms. The van der Waals surface area contributed by atoms with E-state index >= 15 is 0 Å². The number of nitrogens with two attached hydrogens (primary N) is 1. The zero-order valence-corrected chi connectivity index (χ0v) is 12.5. The lowest BCUT2D eigenvalue weighted by atomic mass is 10.0. The zero-order valence-electron chi connectivity index (χ0n) is 10.9. The Morgan fingerprint density at radius 1 is 1.37 bits per heavy atom. The van der Waals surface area contributed by atoms with Gasteiger partial charge in [0.15, 0.2) is 0 Å². The molecule has 0 amide bonds. The molecule has 102 valence electrons. The van der Waals surface area contributed by atoms with Crippen molar-refractivity contribution in [1.29, 1.82) is 0 Å². The Morgan fingerprint density at radius 3 is 2.79 bits per heavy atom. The van der Waals surface area contributed by atoms with E-state index in [0.29, 0.717) is 13.2 Å². The monoisotopic (exact) mass is 323 g/mol. The number of methoxy groups -OCH3 is 1. The van der Waals surface area contributed by atoms with E-state index in [1.807, 2.05) is 22.9 Å². The Labute approximate surface area is 121 Å². The molecule has 19 heavy (non-hydrogen) atoms. The van der Waals surface area contributed by atoms with Crippen molar-refractivity contribution in [3.8, 4) is 0 Å². The molecular weight excluding hydrogens is 306 g/mol. The minimum atomic E-state index is -0.0869. The number of hydrogen-bond donors (Lipinski definition) is 1. The van der Waals surface area contributed by atoms with E-state index in [-0.39, 0.29) is 6.04 Å². The molecule has 0 saturated heterocycles. The molecule has 0 fully saturated rings. The number of halogens is 1. The molecule has 0 aliphatic rings. The lowest BCUT2D eigenvalue weighted by Crippen LogP contribution is -2.20. The highest BCUT2D eigenvalue weighted by Crippen LogP contribution is 2.24. The predicted molar refractivity (Wildman–Crippen MR) is 78.9 cm³/mol. The summed E-state index contributed by atoms with van der Waals surface area (Å²) in [6, 6.07) is 10.1. The van der Waals surface area contributed by atoms with Crippen molar-refractivity contribution < 1.29 is 4.74 Å². The second-order valence-electron chi connectivity index (χ2n) is 4.39. The molecule has 1 unspecified atom stereocenters. The zero-order chi connectivity index (χ0) is 13.7. The molecule has 0 aliphatic heterocycles. The van der Waals surface area contributed by atoms with Crippen LogP contribution in [0.5, 0.6) is 0 Å². The van der Waals surface area contributed by atoms with Gasteiger partial charge < -0.3 is 10.5 Å². The van der Waals surface area contributed by atoms with Crippen molar-refractivity contribution in [3.05, 3.63) is 52.3 Å². The van der Waals surface area contributed by atoms with E-state index in [4.69, 9.17) is 10.5 Å². The van der Waals surface area contributed by atoms with Crippen LogP contribution in [0.15, 0.2) is 41.0 Å². The van der Waals surface area contributed by atoms with Gasteiger partial charge in [-0.1, -0.05) is 30.3 Å². The molecular formula is C14H18BrN3O. The Balaban J connectivity index is 2.14. The summed E-state index contributed by atoms with van der Waals surface area (Å²) in [5, 5.41) is 4.33. The van der Waals surface area contributed by atoms with Crippen molar-refractivity contribution in [2.24, 2.45) is 5.73 Å². The summed E-state index contributed by atoms with van der Waals surface area (Å²) in [5.41, 5.74) is 8.55. The number of hydrogen-bond acceptors (Lipinski definition) is 3. The predicted octanol–water partition coefficient (Wildman–Crippen LogP) is 2.53. The highest BCUT2D eigenvalue weighted by atomic mass is 79.9. The molecule has 2 aromatic rings. The molecule has 1 atom stereocenters. The quantitative estimate of drug-likeness (QED) is 0.888. The van der Waals surface area contributed by atoms with E-state index in [0.717, 1.165) is 16.6 Å². The third-order valence-electron chi connectivity index (χ3n) is 2.99. The van der Waals surface area contributed by atoms with Crippen LogP contribution in [0.25, 0.3) is 0 Å². The van der Waals surface area contributed by atoms with Gasteiger partial charge in [0, 0.05) is 7.11 Å². The summed E-state index contributed by atoms with van der Waals surface area (Å²) in [6.07, 6.45) is 2.58. The maximum atomic E-state index is 6.31. The first-order valence-electron chi connectivity index (χ1n) is 6.22. The van der Waals surface area contributed by atoms with Crippen molar-refractivity contribution in [2.45, 2.75) is 19.0 Å². The summed E-state index contributed by atoms with van der Waals surface area (Å²) < 4.78 is 7.95. The van der Waals surface area contributed by atoms with Crippen LogP contribution >= 0.6 is 15.9 Å². The minimum Gasteiger partial charge on any atom is -0.383 e. The fraction of sp³-hybridized carbons (Fsp3) is 0.357. The van der Waals surface area contributed by atoms with Gasteiger partial charge in [0.1, 0.15) is 0 Å². The van der Waals surface area contributed by atoms with E-state index in [1.165, 1.54) is 5.56 Å². The molecule has 1 heterocycles. The SMILES string of the molecule is COCCn1ncc(Br)c1C(N)Cc1ccccc1. The van der Waals surface area contributed by atoms with Crippen LogP contribution in [0.3, 0.4) is 0 Å². The summed E-state index contributed by atoms with van der Waals surface area (Å²) in [4.78, 5) is 0. The normalized spacial score (nSPS) is 12.6. The lowest BCUT2D eigenvalue weighted by molar-refractivity contribution is 0.182. The average molecular weight is 324 g/mol. The topological polar surface area (TPSA) is 53.1 Å². The highest BCUT2D eigenvalue weighted by Gasteiger charge is 2.16. The number of rotatable bonds is 6. The fourth-order valence-corrected chi connectivity index (χ4v) is 2.65. The van der Waals surface area contributed by atoms with E-state index in [2.05, 4.69) is 33.2 Å². The van der Waals surface area contributed by atoms with E-state index in [9.17, 15) is 0 Å². The number of nitrogens with zero attached hydrogens (tertiary/aromatic N) is 2. The molecule has 0 saturated carbocycles. The van der Waals surface area contributed by atoms with Crippen molar-refractivity contribution in [3.63, 3.8) is 0 Å². The first-order valence-corrected chi connectivity index (χ1v) is 7.01. The maximum Gasteiger partial charge on any atom is 0.0697 e. The van der Waals surface area contributed by atoms with Gasteiger partial charge >= 0.3 is 0 Å². The van der Waals surface area contributed by atoms with Crippen LogP contribution in [0.2, 0.25) is 0 Å². The molecule has 2 rings (SSSR count). The summed E-state index contributed by atoms with van der Waals surface area (Å²) >= 11 is 3.52. The smallest absolute Gasteiger partial charge is 0.0697 e. The molecule has 0 aliphatic carbocycles. The third-order valence-corrected chi connectivity index (χ3v) is 3.60. The van der Waals surface area contributed by atoms with Crippen molar-refractivity contribution in [2.75, 3.05) is 13.7 Å². The van der Waals surface area contributed by atoms with Crippen LogP contribution in [-0.2, 0) is 17.7 Å². The van der Waals surface area contributed by atoms with Crippen LogP contribution < -0.4 is 5.73 Å². The van der Waals surface area contributed by atoms with Crippen LogP contribution in [-0.4, -0.2) is 23.5 Å². The highest BCUT2D eigenvalue weighted by molar-refractivity contribution is 9.10. The van der Waals surface area contributed by atoms with Gasteiger partial charge in [0.2, 0.25) is 0 Å². The van der Waals surface area contributed by atoms with Gasteiger partial charge in [-0.15, -0.1) is 0 Å². The summed E-state index contributed by atoms with van der Waals surface area (Å²) in [6.45, 7) is 1.33. The van der Waals surface area contributed by atoms with Crippen LogP contribution in [0.4, 0.5) is 0 Å². The van der Waals surface area contributed by atoms with Gasteiger partial charge in [0.05, 0.1) is 35.6 Å². The molecule has 1 aromatic carbocycles. The number of benzene rings is 1. The first-order chi connectivity index (χ1) is 9.22. The fourth-order valence-electron chi connectivity index (χ4n) is 2.06. The molecule has 5 heteroatoms. The van der Waals surface area contributed by atoms with Gasteiger partial charge in [-0.05, 0) is 27.9 Å². The van der Waals surface area contributed by atoms with Crippen LogP contribution in [0.1, 0.15) is 17.3 Å². The van der Waals surface area contributed by atoms with Crippen molar-refractivity contribution >= 4 is 15.9 Å². The Kier molecular flexibility index (Phi) is 5.13. The Bertz CT molecular complexity index is 513. The standard InChI is InChI=1S/C14H18BrN3O/c1-19-8-7-18-14(12(15)10-17-18)13(16)9-11-5-3-2-4-6-11/h2-6,10,13H,7-9,16H2,1H3.